The molecule has 1 atom stereocenters. The number of thioether (sulfide) groups is 1. The van der Waals surface area contributed by atoms with Crippen LogP contribution >= 0.6 is 11.8 Å². The summed E-state index contributed by atoms with van der Waals surface area (Å²) in [6.07, 6.45) is 0. The van der Waals surface area contributed by atoms with Crippen LogP contribution < -0.4 is 10.2 Å². The molecule has 0 spiro atoms. The van der Waals surface area contributed by atoms with Crippen LogP contribution in [-0.4, -0.2) is 17.6 Å². The minimum absolute atomic E-state index is 0.0614. The number of carbonyl (C=O) groups excluding carboxylic acids is 2. The lowest BCUT2D eigenvalue weighted by molar-refractivity contribution is -0.115. The fourth-order valence-corrected chi connectivity index (χ4v) is 4.47. The Morgan fingerprint density at radius 2 is 1.83 bits per heavy atom. The minimum atomic E-state index is -0.386. The Hall–Kier alpha value is -3.12. The van der Waals surface area contributed by atoms with Gasteiger partial charge < -0.3 is 5.32 Å². The number of hydrogen-bond acceptors (Lipinski definition) is 3. The average Bonchev–Trinajstić information content (AvgIpc) is 3.10. The van der Waals surface area contributed by atoms with Crippen molar-refractivity contribution in [2.45, 2.75) is 12.3 Å². The molecule has 1 aliphatic rings. The maximum absolute atomic E-state index is 13.1. The molecule has 4 nitrogen and oxygen atoms in total. The van der Waals surface area contributed by atoms with E-state index in [1.807, 2.05) is 49.4 Å². The third-order valence-corrected chi connectivity index (χ3v) is 5.90. The highest BCUT2D eigenvalue weighted by Crippen LogP contribution is 2.42. The second-order valence-corrected chi connectivity index (χ2v) is 7.92. The summed E-state index contributed by atoms with van der Waals surface area (Å²) in [6.45, 7) is 2.00. The third kappa shape index (κ3) is 4.17. The van der Waals surface area contributed by atoms with Crippen molar-refractivity contribution in [2.24, 2.45) is 0 Å². The van der Waals surface area contributed by atoms with Crippen molar-refractivity contribution in [3.8, 4) is 0 Å². The first-order chi connectivity index (χ1) is 14.0. The molecular weight excluding hydrogens is 387 g/mol. The van der Waals surface area contributed by atoms with E-state index < -0.39 is 0 Å². The summed E-state index contributed by atoms with van der Waals surface area (Å²) in [5.41, 5.74) is 3.89. The molecule has 3 aromatic rings. The highest BCUT2D eigenvalue weighted by atomic mass is 32.2. The molecule has 0 aliphatic carbocycles. The van der Waals surface area contributed by atoms with Crippen LogP contribution in [-0.2, 0) is 4.79 Å². The molecule has 0 saturated carbocycles. The number of amides is 2. The van der Waals surface area contributed by atoms with E-state index >= 15 is 0 Å². The molecule has 1 heterocycles. The SMILES string of the molecule is Cc1cccc(N2C(=O)CS[C@H]2c2cccc(NC(=O)c3ccc(F)cc3)c2)c1. The molecule has 1 aliphatic heterocycles. The lowest BCUT2D eigenvalue weighted by atomic mass is 10.1. The molecule has 6 heteroatoms. The van der Waals surface area contributed by atoms with Crippen LogP contribution in [0.2, 0.25) is 0 Å². The zero-order valence-electron chi connectivity index (χ0n) is 15.8. The smallest absolute Gasteiger partial charge is 0.255 e. The van der Waals surface area contributed by atoms with Crippen LogP contribution in [0.15, 0.2) is 72.8 Å². The van der Waals surface area contributed by atoms with Crippen molar-refractivity contribution in [3.63, 3.8) is 0 Å². The molecule has 1 saturated heterocycles. The third-order valence-electron chi connectivity index (χ3n) is 4.68. The fraction of sp³-hybridized carbons (Fsp3) is 0.130. The van der Waals surface area contributed by atoms with Crippen LogP contribution in [0.4, 0.5) is 15.8 Å². The fourth-order valence-electron chi connectivity index (χ4n) is 3.30. The van der Waals surface area contributed by atoms with Crippen molar-refractivity contribution in [1.29, 1.82) is 0 Å². The van der Waals surface area contributed by atoms with Crippen molar-refractivity contribution in [1.82, 2.24) is 0 Å². The maximum atomic E-state index is 13.1. The Morgan fingerprint density at radius 3 is 2.59 bits per heavy atom. The van der Waals surface area contributed by atoms with Gasteiger partial charge in [-0.1, -0.05) is 24.3 Å². The normalized spacial score (nSPS) is 16.1. The standard InChI is InChI=1S/C23H19FN2O2S/c1-15-4-2-7-20(12-15)26-21(27)14-29-23(26)17-5-3-6-19(13-17)25-22(28)16-8-10-18(24)11-9-16/h2-13,23H,14H2,1H3,(H,25,28)/t23-/m0/s1. The van der Waals surface area contributed by atoms with Crippen LogP contribution in [0.3, 0.4) is 0 Å². The largest absolute Gasteiger partial charge is 0.322 e. The van der Waals surface area contributed by atoms with Gasteiger partial charge in [0.05, 0.1) is 5.75 Å². The van der Waals surface area contributed by atoms with Gasteiger partial charge in [-0.3, -0.25) is 14.5 Å². The van der Waals surface area contributed by atoms with Crippen molar-refractivity contribution in [3.05, 3.63) is 95.3 Å². The summed E-state index contributed by atoms with van der Waals surface area (Å²) >= 11 is 1.56. The summed E-state index contributed by atoms with van der Waals surface area (Å²) in [5, 5.41) is 2.68. The molecule has 0 unspecified atom stereocenters. The van der Waals surface area contributed by atoms with Gasteiger partial charge in [-0.2, -0.15) is 0 Å². The van der Waals surface area contributed by atoms with Gasteiger partial charge in [0.15, 0.2) is 0 Å². The van der Waals surface area contributed by atoms with Gasteiger partial charge in [-0.15, -0.1) is 11.8 Å². The van der Waals surface area contributed by atoms with Crippen LogP contribution in [0.25, 0.3) is 0 Å². The second kappa shape index (κ2) is 8.09. The Labute approximate surface area is 172 Å². The summed E-state index contributed by atoms with van der Waals surface area (Å²) in [5.74, 6) is -0.230. The molecule has 0 radical (unpaired) electrons. The summed E-state index contributed by atoms with van der Waals surface area (Å²) in [7, 11) is 0. The molecule has 3 aromatic carbocycles. The van der Waals surface area contributed by atoms with Gasteiger partial charge in [-0.25, -0.2) is 4.39 Å². The predicted octanol–water partition coefficient (Wildman–Crippen LogP) is 5.17. The Kier molecular flexibility index (Phi) is 5.36. The zero-order valence-corrected chi connectivity index (χ0v) is 16.6. The van der Waals surface area contributed by atoms with Gasteiger partial charge in [-0.05, 0) is 66.6 Å². The first kappa shape index (κ1) is 19.2. The number of rotatable bonds is 4. The lowest BCUT2D eigenvalue weighted by Crippen LogP contribution is -2.27. The lowest BCUT2D eigenvalue weighted by Gasteiger charge is -2.25. The van der Waals surface area contributed by atoms with E-state index in [0.717, 1.165) is 16.8 Å². The Balaban J connectivity index is 1.58. The molecule has 4 rings (SSSR count). The van der Waals surface area contributed by atoms with Gasteiger partial charge in [0.25, 0.3) is 5.91 Å². The van der Waals surface area contributed by atoms with E-state index in [1.165, 1.54) is 24.3 Å². The highest BCUT2D eigenvalue weighted by molar-refractivity contribution is 8.00. The van der Waals surface area contributed by atoms with E-state index in [1.54, 1.807) is 22.7 Å². The quantitative estimate of drug-likeness (QED) is 0.651. The molecule has 0 aromatic heterocycles. The second-order valence-electron chi connectivity index (χ2n) is 6.85. The average molecular weight is 406 g/mol. The Morgan fingerprint density at radius 1 is 1.07 bits per heavy atom. The van der Waals surface area contributed by atoms with Gasteiger partial charge >= 0.3 is 0 Å². The van der Waals surface area contributed by atoms with E-state index in [2.05, 4.69) is 5.32 Å². The predicted molar refractivity (Wildman–Crippen MR) is 115 cm³/mol. The monoisotopic (exact) mass is 406 g/mol. The number of aryl methyl sites for hydroxylation is 1. The molecule has 1 N–H and O–H groups in total. The molecule has 29 heavy (non-hydrogen) atoms. The van der Waals surface area contributed by atoms with Crippen molar-refractivity contribution >= 4 is 35.0 Å². The number of anilines is 2. The van der Waals surface area contributed by atoms with E-state index in [9.17, 15) is 14.0 Å². The first-order valence-electron chi connectivity index (χ1n) is 9.18. The molecular formula is C23H19FN2O2S. The van der Waals surface area contributed by atoms with E-state index in [4.69, 9.17) is 0 Å². The number of nitrogens with zero attached hydrogens (tertiary/aromatic N) is 1. The zero-order chi connectivity index (χ0) is 20.4. The first-order valence-corrected chi connectivity index (χ1v) is 10.2. The van der Waals surface area contributed by atoms with Gasteiger partial charge in [0, 0.05) is 16.9 Å². The number of hydrogen-bond donors (Lipinski definition) is 1. The molecule has 146 valence electrons. The van der Waals surface area contributed by atoms with Crippen molar-refractivity contribution < 1.29 is 14.0 Å². The van der Waals surface area contributed by atoms with Crippen LogP contribution in [0.1, 0.15) is 26.9 Å². The summed E-state index contributed by atoms with van der Waals surface area (Å²) in [4.78, 5) is 26.8. The number of halogens is 1. The molecule has 0 bridgehead atoms. The maximum Gasteiger partial charge on any atom is 0.255 e. The van der Waals surface area contributed by atoms with Crippen LogP contribution in [0, 0.1) is 12.7 Å². The number of nitrogens with one attached hydrogen (secondary N) is 1. The van der Waals surface area contributed by atoms with Gasteiger partial charge in [0.1, 0.15) is 11.2 Å². The summed E-state index contributed by atoms with van der Waals surface area (Å²) in [6, 6.07) is 20.7. The number of carbonyl (C=O) groups is 2. The highest BCUT2D eigenvalue weighted by Gasteiger charge is 2.34. The van der Waals surface area contributed by atoms with E-state index in [-0.39, 0.29) is 23.0 Å². The van der Waals surface area contributed by atoms with Crippen LogP contribution in [0.5, 0.6) is 0 Å². The minimum Gasteiger partial charge on any atom is -0.322 e. The van der Waals surface area contributed by atoms with Crippen molar-refractivity contribution in [2.75, 3.05) is 16.0 Å². The molecule has 2 amide bonds. The van der Waals surface area contributed by atoms with Gasteiger partial charge in [0.2, 0.25) is 5.91 Å². The number of benzene rings is 3. The topological polar surface area (TPSA) is 49.4 Å². The molecule has 1 fully saturated rings. The van der Waals surface area contributed by atoms with E-state index in [0.29, 0.717) is 17.0 Å². The Bertz CT molecular complexity index is 1070. The summed E-state index contributed by atoms with van der Waals surface area (Å²) < 4.78 is 13.1.